The maximum Gasteiger partial charge on any atom is 0.340 e. The summed E-state index contributed by atoms with van der Waals surface area (Å²) in [5.74, 6) is -0.423. The summed E-state index contributed by atoms with van der Waals surface area (Å²) in [6.07, 6.45) is 0.867. The average molecular weight is 218 g/mol. The molecule has 0 fully saturated rings. The van der Waals surface area contributed by atoms with E-state index in [2.05, 4.69) is 0 Å². The van der Waals surface area contributed by atoms with Crippen LogP contribution in [0.4, 0.5) is 5.69 Å². The van der Waals surface area contributed by atoms with Crippen LogP contribution < -0.4 is 5.73 Å². The minimum absolute atomic E-state index is 0.310. The van der Waals surface area contributed by atoms with Gasteiger partial charge in [0.15, 0.2) is 0 Å². The highest BCUT2D eigenvalue weighted by Crippen LogP contribution is 2.19. The molecule has 16 heavy (non-hydrogen) atoms. The number of aryl methyl sites for hydroxylation is 1. The molecule has 0 aromatic heterocycles. The fourth-order valence-corrected chi connectivity index (χ4v) is 1.47. The summed E-state index contributed by atoms with van der Waals surface area (Å²) in [6.45, 7) is 2.05. The standard InChI is InChI=1S/C12H14N2O2/c1-2-16-12(15)11-9(6-4-8-13)5-3-7-10(11)14/h3,5,7H,2,4,6,14H2,1H3. The largest absolute Gasteiger partial charge is 0.462 e. The van der Waals surface area contributed by atoms with Gasteiger partial charge >= 0.3 is 5.97 Å². The average Bonchev–Trinajstić information content (AvgIpc) is 2.26. The fraction of sp³-hybridized carbons (Fsp3) is 0.333. The lowest BCUT2D eigenvalue weighted by atomic mass is 10.0. The van der Waals surface area contributed by atoms with Gasteiger partial charge in [-0.05, 0) is 25.0 Å². The Morgan fingerprint density at radius 2 is 2.31 bits per heavy atom. The van der Waals surface area contributed by atoms with E-state index < -0.39 is 5.97 Å². The molecule has 0 aliphatic carbocycles. The van der Waals surface area contributed by atoms with Crippen molar-refractivity contribution in [2.24, 2.45) is 0 Å². The van der Waals surface area contributed by atoms with Crippen LogP contribution >= 0.6 is 0 Å². The quantitative estimate of drug-likeness (QED) is 0.618. The summed E-state index contributed by atoms with van der Waals surface area (Å²) < 4.78 is 4.93. The first kappa shape index (κ1) is 12.1. The molecule has 0 bridgehead atoms. The number of hydrogen-bond acceptors (Lipinski definition) is 4. The number of hydrogen-bond donors (Lipinski definition) is 1. The van der Waals surface area contributed by atoms with Gasteiger partial charge in [0.05, 0.1) is 18.2 Å². The Morgan fingerprint density at radius 3 is 2.94 bits per heavy atom. The third-order valence-corrected chi connectivity index (χ3v) is 2.17. The van der Waals surface area contributed by atoms with Crippen molar-refractivity contribution < 1.29 is 9.53 Å². The zero-order valence-electron chi connectivity index (χ0n) is 9.19. The number of anilines is 1. The van der Waals surface area contributed by atoms with Crippen molar-refractivity contribution in [1.82, 2.24) is 0 Å². The summed E-state index contributed by atoms with van der Waals surface area (Å²) in [5.41, 5.74) is 7.29. The molecule has 0 heterocycles. The summed E-state index contributed by atoms with van der Waals surface area (Å²) >= 11 is 0. The van der Waals surface area contributed by atoms with Crippen molar-refractivity contribution in [3.8, 4) is 6.07 Å². The molecule has 0 spiro atoms. The number of benzene rings is 1. The van der Waals surface area contributed by atoms with Gasteiger partial charge < -0.3 is 10.5 Å². The predicted octanol–water partition coefficient (Wildman–Crippen LogP) is 1.90. The van der Waals surface area contributed by atoms with Crippen molar-refractivity contribution in [2.75, 3.05) is 12.3 Å². The van der Waals surface area contributed by atoms with Crippen LogP contribution in [0.1, 0.15) is 29.3 Å². The number of rotatable bonds is 4. The lowest BCUT2D eigenvalue weighted by molar-refractivity contribution is 0.0526. The first-order chi connectivity index (χ1) is 7.70. The third kappa shape index (κ3) is 2.74. The summed E-state index contributed by atoms with van der Waals surface area (Å²) in [5, 5.41) is 8.53. The number of nitrogen functional groups attached to an aromatic ring is 1. The zero-order valence-corrected chi connectivity index (χ0v) is 9.19. The summed E-state index contributed by atoms with van der Waals surface area (Å²) in [7, 11) is 0. The predicted molar refractivity (Wildman–Crippen MR) is 60.7 cm³/mol. The van der Waals surface area contributed by atoms with Gasteiger partial charge in [-0.3, -0.25) is 0 Å². The van der Waals surface area contributed by atoms with Crippen LogP contribution in [0.25, 0.3) is 0 Å². The first-order valence-electron chi connectivity index (χ1n) is 5.12. The fourth-order valence-electron chi connectivity index (χ4n) is 1.47. The Morgan fingerprint density at radius 1 is 1.56 bits per heavy atom. The van der Waals surface area contributed by atoms with E-state index in [1.165, 1.54) is 0 Å². The van der Waals surface area contributed by atoms with E-state index in [1.54, 1.807) is 25.1 Å². The Labute approximate surface area is 94.6 Å². The van der Waals surface area contributed by atoms with Crippen molar-refractivity contribution >= 4 is 11.7 Å². The van der Waals surface area contributed by atoms with Crippen LogP contribution in [0.3, 0.4) is 0 Å². The maximum atomic E-state index is 11.7. The highest BCUT2D eigenvalue weighted by molar-refractivity contribution is 5.96. The van der Waals surface area contributed by atoms with Gasteiger partial charge in [-0.1, -0.05) is 12.1 Å². The van der Waals surface area contributed by atoms with Crippen molar-refractivity contribution in [3.63, 3.8) is 0 Å². The third-order valence-electron chi connectivity index (χ3n) is 2.17. The molecule has 4 nitrogen and oxygen atoms in total. The van der Waals surface area contributed by atoms with Gasteiger partial charge in [0, 0.05) is 12.1 Å². The maximum absolute atomic E-state index is 11.7. The molecule has 1 aromatic rings. The monoisotopic (exact) mass is 218 g/mol. The first-order valence-corrected chi connectivity index (χ1v) is 5.12. The summed E-state index contributed by atoms with van der Waals surface area (Å²) in [4.78, 5) is 11.7. The van der Waals surface area contributed by atoms with E-state index in [0.717, 1.165) is 5.56 Å². The number of carbonyl (C=O) groups is 1. The van der Waals surface area contributed by atoms with Gasteiger partial charge in [-0.2, -0.15) is 5.26 Å². The van der Waals surface area contributed by atoms with E-state index in [-0.39, 0.29) is 0 Å². The van der Waals surface area contributed by atoms with Crippen LogP contribution in [-0.2, 0) is 11.2 Å². The number of ether oxygens (including phenoxy) is 1. The molecule has 0 radical (unpaired) electrons. The lowest BCUT2D eigenvalue weighted by Gasteiger charge is -2.09. The SMILES string of the molecule is CCOC(=O)c1c(N)cccc1CCC#N. The van der Waals surface area contributed by atoms with Gasteiger partial charge in [0.25, 0.3) is 0 Å². The molecular formula is C12H14N2O2. The van der Waals surface area contributed by atoms with E-state index in [0.29, 0.717) is 30.7 Å². The number of esters is 1. The van der Waals surface area contributed by atoms with Gasteiger partial charge in [-0.25, -0.2) is 4.79 Å². The molecule has 0 saturated heterocycles. The molecule has 1 rings (SSSR count). The smallest absolute Gasteiger partial charge is 0.340 e. The topological polar surface area (TPSA) is 76.1 Å². The van der Waals surface area contributed by atoms with Crippen molar-refractivity contribution in [2.45, 2.75) is 19.8 Å². The molecule has 84 valence electrons. The molecule has 2 N–H and O–H groups in total. The van der Waals surface area contributed by atoms with Crippen LogP contribution in [0, 0.1) is 11.3 Å². The van der Waals surface area contributed by atoms with Crippen LogP contribution in [0.2, 0.25) is 0 Å². The lowest BCUT2D eigenvalue weighted by Crippen LogP contribution is -2.11. The van der Waals surface area contributed by atoms with E-state index in [1.807, 2.05) is 6.07 Å². The van der Waals surface area contributed by atoms with Gasteiger partial charge in [0.2, 0.25) is 0 Å². The van der Waals surface area contributed by atoms with E-state index >= 15 is 0 Å². The number of carbonyl (C=O) groups excluding carboxylic acids is 1. The van der Waals surface area contributed by atoms with Crippen LogP contribution in [0.5, 0.6) is 0 Å². The Balaban J connectivity index is 3.03. The minimum Gasteiger partial charge on any atom is -0.462 e. The van der Waals surface area contributed by atoms with E-state index in [4.69, 9.17) is 15.7 Å². The molecule has 0 aliphatic rings. The second kappa shape index (κ2) is 5.76. The highest BCUT2D eigenvalue weighted by atomic mass is 16.5. The Hall–Kier alpha value is -2.02. The normalized spacial score (nSPS) is 9.50. The minimum atomic E-state index is -0.423. The molecule has 1 aromatic carbocycles. The second-order valence-corrected chi connectivity index (χ2v) is 3.26. The highest BCUT2D eigenvalue weighted by Gasteiger charge is 2.15. The molecular weight excluding hydrogens is 204 g/mol. The molecule has 4 heteroatoms. The van der Waals surface area contributed by atoms with Crippen LogP contribution in [0.15, 0.2) is 18.2 Å². The van der Waals surface area contributed by atoms with Gasteiger partial charge in [-0.15, -0.1) is 0 Å². The number of nitrogens with two attached hydrogens (primary N) is 1. The Kier molecular flexibility index (Phi) is 4.34. The van der Waals surface area contributed by atoms with Crippen LogP contribution in [-0.4, -0.2) is 12.6 Å². The number of nitrogens with zero attached hydrogens (tertiary/aromatic N) is 1. The molecule has 0 amide bonds. The van der Waals surface area contributed by atoms with Crippen molar-refractivity contribution in [1.29, 1.82) is 5.26 Å². The van der Waals surface area contributed by atoms with Crippen molar-refractivity contribution in [3.05, 3.63) is 29.3 Å². The zero-order chi connectivity index (χ0) is 12.0. The molecule has 0 saturated carbocycles. The van der Waals surface area contributed by atoms with E-state index in [9.17, 15) is 4.79 Å². The molecule has 0 atom stereocenters. The molecule has 0 unspecified atom stereocenters. The second-order valence-electron chi connectivity index (χ2n) is 3.26. The summed E-state index contributed by atoms with van der Waals surface area (Å²) in [6, 6.07) is 7.26. The van der Waals surface area contributed by atoms with Gasteiger partial charge in [0.1, 0.15) is 0 Å². The number of nitriles is 1. The molecule has 0 aliphatic heterocycles. The Bertz CT molecular complexity index is 422.